The van der Waals surface area contributed by atoms with Crippen LogP contribution in [0.15, 0.2) is 46.9 Å². The van der Waals surface area contributed by atoms with Crippen molar-refractivity contribution in [2.45, 2.75) is 0 Å². The molecule has 0 heterocycles. The quantitative estimate of drug-likeness (QED) is 0.801. The molecule has 0 atom stereocenters. The van der Waals surface area contributed by atoms with E-state index >= 15 is 0 Å². The average molecular weight is 309 g/mol. The van der Waals surface area contributed by atoms with Crippen LogP contribution in [-0.2, 0) is 0 Å². The maximum atomic E-state index is 8.98. The lowest BCUT2D eigenvalue weighted by Crippen LogP contribution is -1.88. The topological polar surface area (TPSA) is 33.0 Å². The number of benzene rings is 2. The molecule has 0 unspecified atom stereocenters. The normalized spacial score (nSPS) is 9.71. The number of hydrogen-bond acceptors (Lipinski definition) is 2. The Labute approximate surface area is 113 Å². The van der Waals surface area contributed by atoms with E-state index in [9.17, 15) is 0 Å². The number of hydrogen-bond donors (Lipinski definition) is 0. The maximum absolute atomic E-state index is 8.98. The molecule has 4 heteroatoms. The van der Waals surface area contributed by atoms with Crippen molar-refractivity contribution in [1.29, 1.82) is 5.26 Å². The summed E-state index contributed by atoms with van der Waals surface area (Å²) in [6.45, 7) is 0. The molecular weight excluding hydrogens is 302 g/mol. The summed E-state index contributed by atoms with van der Waals surface area (Å²) in [5.41, 5.74) is 0.466. The highest BCUT2D eigenvalue weighted by Gasteiger charge is 2.07. The Morgan fingerprint density at radius 3 is 2.59 bits per heavy atom. The number of rotatable bonds is 2. The Bertz CT molecular complexity index is 592. The fourth-order valence-corrected chi connectivity index (χ4v) is 1.83. The molecule has 0 aliphatic heterocycles. The molecule has 84 valence electrons. The zero-order valence-corrected chi connectivity index (χ0v) is 11.0. The zero-order valence-electron chi connectivity index (χ0n) is 8.65. The summed E-state index contributed by atoms with van der Waals surface area (Å²) >= 11 is 9.32. The molecule has 0 aromatic heterocycles. The molecule has 0 aliphatic carbocycles. The maximum Gasteiger partial charge on any atom is 0.146 e. The first-order valence-electron chi connectivity index (χ1n) is 4.83. The van der Waals surface area contributed by atoms with Crippen molar-refractivity contribution >= 4 is 27.5 Å². The predicted molar refractivity (Wildman–Crippen MR) is 70.4 cm³/mol. The van der Waals surface area contributed by atoms with E-state index in [1.807, 2.05) is 12.1 Å². The van der Waals surface area contributed by atoms with Gasteiger partial charge in [-0.1, -0.05) is 39.7 Å². The minimum Gasteiger partial charge on any atom is -0.454 e. The highest BCUT2D eigenvalue weighted by atomic mass is 79.9. The van der Waals surface area contributed by atoms with Gasteiger partial charge in [-0.15, -0.1) is 0 Å². The number of halogens is 2. The Morgan fingerprint density at radius 1 is 1.12 bits per heavy atom. The van der Waals surface area contributed by atoms with Crippen LogP contribution in [0, 0.1) is 11.3 Å². The smallest absolute Gasteiger partial charge is 0.146 e. The van der Waals surface area contributed by atoms with Gasteiger partial charge < -0.3 is 4.74 Å². The van der Waals surface area contributed by atoms with Gasteiger partial charge in [-0.25, -0.2) is 0 Å². The molecule has 2 aromatic rings. The summed E-state index contributed by atoms with van der Waals surface area (Å²) in [6.07, 6.45) is 0. The molecule has 0 aliphatic rings. The Hall–Kier alpha value is -1.50. The van der Waals surface area contributed by atoms with Crippen molar-refractivity contribution in [2.75, 3.05) is 0 Å². The van der Waals surface area contributed by atoms with Gasteiger partial charge in [0, 0.05) is 4.47 Å². The van der Waals surface area contributed by atoms with E-state index in [-0.39, 0.29) is 0 Å². The molecule has 0 N–H and O–H groups in total. The van der Waals surface area contributed by atoms with Crippen LogP contribution in [-0.4, -0.2) is 0 Å². The van der Waals surface area contributed by atoms with Crippen LogP contribution in [0.1, 0.15) is 5.56 Å². The van der Waals surface area contributed by atoms with Crippen molar-refractivity contribution in [3.8, 4) is 17.6 Å². The average Bonchev–Trinajstić information content (AvgIpc) is 2.32. The molecule has 0 saturated heterocycles. The van der Waals surface area contributed by atoms with Gasteiger partial charge in [0.15, 0.2) is 0 Å². The number of ether oxygens (including phenoxy) is 1. The molecular formula is C13H7BrClNO. The van der Waals surface area contributed by atoms with Crippen LogP contribution >= 0.6 is 27.5 Å². The van der Waals surface area contributed by atoms with Crippen LogP contribution in [0.4, 0.5) is 0 Å². The van der Waals surface area contributed by atoms with Gasteiger partial charge in [0.05, 0.1) is 10.6 Å². The summed E-state index contributed by atoms with van der Waals surface area (Å²) in [5, 5.41) is 9.49. The van der Waals surface area contributed by atoms with Crippen LogP contribution in [0.5, 0.6) is 11.5 Å². The second-order valence-electron chi connectivity index (χ2n) is 3.28. The lowest BCUT2D eigenvalue weighted by molar-refractivity contribution is 0.481. The highest BCUT2D eigenvalue weighted by molar-refractivity contribution is 9.10. The van der Waals surface area contributed by atoms with E-state index in [1.165, 1.54) is 0 Å². The molecule has 2 nitrogen and oxygen atoms in total. The van der Waals surface area contributed by atoms with Gasteiger partial charge in [0.2, 0.25) is 0 Å². The molecule has 0 bridgehead atoms. The fraction of sp³-hybridized carbons (Fsp3) is 0. The lowest BCUT2D eigenvalue weighted by Gasteiger charge is -2.08. The zero-order chi connectivity index (χ0) is 12.3. The Balaban J connectivity index is 2.40. The van der Waals surface area contributed by atoms with Crippen molar-refractivity contribution in [3.63, 3.8) is 0 Å². The van der Waals surface area contributed by atoms with E-state index in [1.54, 1.807) is 30.3 Å². The van der Waals surface area contributed by atoms with Crippen molar-refractivity contribution in [3.05, 3.63) is 57.5 Å². The number of nitriles is 1. The van der Waals surface area contributed by atoms with Gasteiger partial charge in [-0.2, -0.15) is 5.26 Å². The second kappa shape index (κ2) is 5.22. The summed E-state index contributed by atoms with van der Waals surface area (Å²) < 4.78 is 6.47. The standard InChI is InChI=1S/C13H7BrClNO/c14-10-6-5-9(8-16)13(7-10)17-12-4-2-1-3-11(12)15/h1-7H. The third kappa shape index (κ3) is 2.79. The van der Waals surface area contributed by atoms with Crippen LogP contribution < -0.4 is 4.74 Å². The summed E-state index contributed by atoms with van der Waals surface area (Å²) in [4.78, 5) is 0. The first-order chi connectivity index (χ1) is 8.20. The van der Waals surface area contributed by atoms with Crippen molar-refractivity contribution in [1.82, 2.24) is 0 Å². The highest BCUT2D eigenvalue weighted by Crippen LogP contribution is 2.32. The van der Waals surface area contributed by atoms with E-state index in [4.69, 9.17) is 21.6 Å². The first kappa shape index (κ1) is 12.0. The van der Waals surface area contributed by atoms with Gasteiger partial charge >= 0.3 is 0 Å². The van der Waals surface area contributed by atoms with Gasteiger partial charge in [0.1, 0.15) is 17.6 Å². The minimum absolute atomic E-state index is 0.466. The first-order valence-corrected chi connectivity index (χ1v) is 6.00. The Morgan fingerprint density at radius 2 is 1.88 bits per heavy atom. The molecule has 0 saturated carbocycles. The molecule has 2 aromatic carbocycles. The van der Waals surface area contributed by atoms with E-state index in [0.29, 0.717) is 22.1 Å². The number of nitrogens with zero attached hydrogens (tertiary/aromatic N) is 1. The molecule has 2 rings (SSSR count). The molecule has 0 amide bonds. The molecule has 0 radical (unpaired) electrons. The van der Waals surface area contributed by atoms with Gasteiger partial charge in [-0.05, 0) is 30.3 Å². The molecule has 17 heavy (non-hydrogen) atoms. The third-order valence-electron chi connectivity index (χ3n) is 2.12. The second-order valence-corrected chi connectivity index (χ2v) is 4.61. The van der Waals surface area contributed by atoms with Crippen molar-refractivity contribution in [2.24, 2.45) is 0 Å². The lowest BCUT2D eigenvalue weighted by atomic mass is 10.2. The molecule has 0 fully saturated rings. The predicted octanol–water partition coefficient (Wildman–Crippen LogP) is 4.77. The van der Waals surface area contributed by atoms with E-state index < -0.39 is 0 Å². The monoisotopic (exact) mass is 307 g/mol. The molecule has 0 spiro atoms. The largest absolute Gasteiger partial charge is 0.454 e. The minimum atomic E-state index is 0.466. The summed E-state index contributed by atoms with van der Waals surface area (Å²) in [5.74, 6) is 1.01. The van der Waals surface area contributed by atoms with Gasteiger partial charge in [-0.3, -0.25) is 0 Å². The summed E-state index contributed by atoms with van der Waals surface area (Å²) in [7, 11) is 0. The summed E-state index contributed by atoms with van der Waals surface area (Å²) in [6, 6.07) is 14.4. The van der Waals surface area contributed by atoms with Crippen LogP contribution in [0.3, 0.4) is 0 Å². The van der Waals surface area contributed by atoms with Gasteiger partial charge in [0.25, 0.3) is 0 Å². The van der Waals surface area contributed by atoms with Crippen LogP contribution in [0.2, 0.25) is 5.02 Å². The van der Waals surface area contributed by atoms with E-state index in [2.05, 4.69) is 22.0 Å². The van der Waals surface area contributed by atoms with E-state index in [0.717, 1.165) is 4.47 Å². The fourth-order valence-electron chi connectivity index (χ4n) is 1.32. The SMILES string of the molecule is N#Cc1ccc(Br)cc1Oc1ccccc1Cl. The number of para-hydroxylation sites is 1. The van der Waals surface area contributed by atoms with Crippen LogP contribution in [0.25, 0.3) is 0 Å². The van der Waals surface area contributed by atoms with Crippen molar-refractivity contribution < 1.29 is 4.74 Å². The Kier molecular flexibility index (Phi) is 3.68. The third-order valence-corrected chi connectivity index (χ3v) is 2.93.